The summed E-state index contributed by atoms with van der Waals surface area (Å²) in [5.41, 5.74) is 6.14. The number of sulfonamides is 1. The van der Waals surface area contributed by atoms with E-state index in [9.17, 15) is 8.42 Å². The Morgan fingerprint density at radius 2 is 2.03 bits per heavy atom. The molecule has 1 aliphatic rings. The van der Waals surface area contributed by atoms with Gasteiger partial charge in [-0.1, -0.05) is 18.2 Å². The van der Waals surface area contributed by atoms with Crippen molar-refractivity contribution in [2.75, 3.05) is 12.8 Å². The molecular weight excluding hydrogens is 451 g/mol. The van der Waals surface area contributed by atoms with Crippen LogP contribution in [-0.4, -0.2) is 46.2 Å². The molecule has 0 aliphatic carbocycles. The topological polar surface area (TPSA) is 106 Å². The average molecular weight is 471 g/mol. The zero-order valence-corrected chi connectivity index (χ0v) is 18.9. The van der Waals surface area contributed by atoms with Gasteiger partial charge >= 0.3 is 0 Å². The highest BCUT2D eigenvalue weighted by atomic mass is 32.2. The van der Waals surface area contributed by atoms with Gasteiger partial charge in [0.1, 0.15) is 11.4 Å². The molecule has 11 heteroatoms. The summed E-state index contributed by atoms with van der Waals surface area (Å²) in [5.74, 6) is -0.338. The molecular formula is C21H19FN6O2S2. The summed E-state index contributed by atoms with van der Waals surface area (Å²) in [6, 6.07) is 10.9. The summed E-state index contributed by atoms with van der Waals surface area (Å²) in [6.07, 6.45) is 5.18. The SMILES string of the molecule is CN1C(N)=NC(C)(c2sc3c(-c4ccc(-n5cccn5)nc4)cccc3c2F)CS1(=O)=O. The van der Waals surface area contributed by atoms with E-state index >= 15 is 4.39 Å². The van der Waals surface area contributed by atoms with Crippen LogP contribution in [0.3, 0.4) is 0 Å². The van der Waals surface area contributed by atoms with Gasteiger partial charge < -0.3 is 5.73 Å². The van der Waals surface area contributed by atoms with Crippen molar-refractivity contribution in [2.45, 2.75) is 12.5 Å². The predicted octanol–water partition coefficient (Wildman–Crippen LogP) is 3.09. The first-order chi connectivity index (χ1) is 15.2. The minimum Gasteiger partial charge on any atom is -0.369 e. The summed E-state index contributed by atoms with van der Waals surface area (Å²) in [7, 11) is -2.37. The summed E-state index contributed by atoms with van der Waals surface area (Å²) >= 11 is 1.19. The fourth-order valence-electron chi connectivity index (χ4n) is 3.81. The number of rotatable bonds is 3. The molecule has 4 aromatic rings. The third-order valence-corrected chi connectivity index (χ3v) is 8.92. The Bertz CT molecular complexity index is 1460. The smallest absolute Gasteiger partial charge is 0.239 e. The zero-order chi connectivity index (χ0) is 22.7. The highest BCUT2D eigenvalue weighted by Gasteiger charge is 2.43. The maximum Gasteiger partial charge on any atom is 0.239 e. The van der Waals surface area contributed by atoms with Gasteiger partial charge in [0.2, 0.25) is 16.0 Å². The number of thiophene rings is 1. The van der Waals surface area contributed by atoms with Crippen molar-refractivity contribution >= 4 is 37.4 Å². The molecule has 0 saturated carbocycles. The van der Waals surface area contributed by atoms with Crippen molar-refractivity contribution in [2.24, 2.45) is 10.7 Å². The molecule has 3 aromatic heterocycles. The molecule has 5 rings (SSSR count). The number of nitrogens with two attached hydrogens (primary N) is 1. The molecule has 0 bridgehead atoms. The molecule has 164 valence electrons. The van der Waals surface area contributed by atoms with Crippen LogP contribution in [0.25, 0.3) is 27.0 Å². The number of halogens is 1. The van der Waals surface area contributed by atoms with E-state index in [-0.39, 0.29) is 16.6 Å². The Balaban J connectivity index is 1.64. The van der Waals surface area contributed by atoms with Crippen LogP contribution in [0.2, 0.25) is 0 Å². The average Bonchev–Trinajstić information content (AvgIpc) is 3.41. The van der Waals surface area contributed by atoms with Crippen LogP contribution in [0.5, 0.6) is 0 Å². The maximum atomic E-state index is 15.5. The quantitative estimate of drug-likeness (QED) is 0.495. The van der Waals surface area contributed by atoms with Crippen molar-refractivity contribution in [3.8, 4) is 16.9 Å². The van der Waals surface area contributed by atoms with E-state index in [0.29, 0.717) is 15.9 Å². The molecule has 2 N–H and O–H groups in total. The number of hydrogen-bond acceptors (Lipinski definition) is 7. The van der Waals surface area contributed by atoms with Gasteiger partial charge in [0.25, 0.3) is 0 Å². The van der Waals surface area contributed by atoms with E-state index in [1.165, 1.54) is 18.4 Å². The van der Waals surface area contributed by atoms with E-state index < -0.39 is 21.4 Å². The van der Waals surface area contributed by atoms with Crippen LogP contribution in [0.4, 0.5) is 4.39 Å². The Morgan fingerprint density at radius 3 is 2.69 bits per heavy atom. The minimum absolute atomic E-state index is 0.158. The minimum atomic E-state index is -3.71. The second kappa shape index (κ2) is 7.10. The van der Waals surface area contributed by atoms with Crippen LogP contribution in [0, 0.1) is 5.82 Å². The Labute approximate surface area is 187 Å². The molecule has 0 spiro atoms. The van der Waals surface area contributed by atoms with Crippen LogP contribution >= 0.6 is 11.3 Å². The number of guanidine groups is 1. The maximum absolute atomic E-state index is 15.5. The fraction of sp³-hybridized carbons (Fsp3) is 0.190. The lowest BCUT2D eigenvalue weighted by Gasteiger charge is -2.33. The van der Waals surface area contributed by atoms with Gasteiger partial charge in [0.05, 0.1) is 10.6 Å². The first-order valence-electron chi connectivity index (χ1n) is 9.69. The zero-order valence-electron chi connectivity index (χ0n) is 17.2. The van der Waals surface area contributed by atoms with Gasteiger partial charge in [-0.15, -0.1) is 11.3 Å². The summed E-state index contributed by atoms with van der Waals surface area (Å²) in [6.45, 7) is 1.60. The lowest BCUT2D eigenvalue weighted by atomic mass is 10.0. The summed E-state index contributed by atoms with van der Waals surface area (Å²) < 4.78 is 43.9. The van der Waals surface area contributed by atoms with Gasteiger partial charge in [-0.3, -0.25) is 0 Å². The van der Waals surface area contributed by atoms with Crippen molar-refractivity contribution in [1.82, 2.24) is 19.1 Å². The third-order valence-electron chi connectivity index (χ3n) is 5.51. The molecule has 0 fully saturated rings. The summed E-state index contributed by atoms with van der Waals surface area (Å²) in [5, 5.41) is 4.58. The van der Waals surface area contributed by atoms with Gasteiger partial charge in [-0.2, -0.15) is 5.10 Å². The van der Waals surface area contributed by atoms with E-state index in [0.717, 1.165) is 15.4 Å². The first kappa shape index (κ1) is 20.6. The molecule has 0 amide bonds. The molecule has 1 aliphatic heterocycles. The van der Waals surface area contributed by atoms with Crippen molar-refractivity contribution < 1.29 is 12.8 Å². The van der Waals surface area contributed by atoms with E-state index in [2.05, 4.69) is 15.1 Å². The largest absolute Gasteiger partial charge is 0.369 e. The van der Waals surface area contributed by atoms with Crippen molar-refractivity contribution in [3.63, 3.8) is 0 Å². The monoisotopic (exact) mass is 470 g/mol. The van der Waals surface area contributed by atoms with Gasteiger partial charge in [-0.25, -0.2) is 31.8 Å². The van der Waals surface area contributed by atoms with Crippen LogP contribution in [0.15, 0.2) is 60.0 Å². The first-order valence-corrected chi connectivity index (χ1v) is 12.1. The Morgan fingerprint density at radius 1 is 1.22 bits per heavy atom. The normalized spacial score (nSPS) is 20.5. The number of pyridine rings is 1. The molecule has 1 atom stereocenters. The standard InChI is InChI=1S/C21H19FN6O2S2/c1-21(12-32(29,30)27(2)20(23)26-21)19-17(22)15-6-3-5-14(18(15)31-19)13-7-8-16(24-11-13)28-10-4-9-25-28/h3-11H,12H2,1-2H3,(H2,23,26). The number of aromatic nitrogens is 3. The molecule has 32 heavy (non-hydrogen) atoms. The second-order valence-electron chi connectivity index (χ2n) is 7.75. The van der Waals surface area contributed by atoms with Gasteiger partial charge in [-0.05, 0) is 25.1 Å². The van der Waals surface area contributed by atoms with E-state index in [4.69, 9.17) is 5.73 Å². The predicted molar refractivity (Wildman–Crippen MR) is 123 cm³/mol. The lowest BCUT2D eigenvalue weighted by molar-refractivity contribution is 0.467. The van der Waals surface area contributed by atoms with Gasteiger partial charge in [0.15, 0.2) is 5.82 Å². The summed E-state index contributed by atoms with van der Waals surface area (Å²) in [4.78, 5) is 9.05. The highest BCUT2D eigenvalue weighted by molar-refractivity contribution is 7.89. The van der Waals surface area contributed by atoms with Crippen LogP contribution in [0.1, 0.15) is 11.8 Å². The number of aliphatic imine (C=N–C) groups is 1. The number of hydrogen-bond donors (Lipinski definition) is 1. The lowest BCUT2D eigenvalue weighted by Crippen LogP contribution is -2.50. The van der Waals surface area contributed by atoms with Gasteiger partial charge in [0, 0.05) is 46.9 Å². The molecule has 4 heterocycles. The molecule has 8 nitrogen and oxygen atoms in total. The van der Waals surface area contributed by atoms with E-state index in [1.807, 2.05) is 24.3 Å². The molecule has 1 unspecified atom stereocenters. The molecule has 0 saturated heterocycles. The molecule has 0 radical (unpaired) electrons. The number of nitrogens with zero attached hydrogens (tertiary/aromatic N) is 5. The van der Waals surface area contributed by atoms with Crippen molar-refractivity contribution in [3.05, 3.63) is 65.7 Å². The number of fused-ring (bicyclic) bond motifs is 1. The van der Waals surface area contributed by atoms with Crippen LogP contribution < -0.4 is 5.73 Å². The van der Waals surface area contributed by atoms with Crippen LogP contribution in [-0.2, 0) is 15.6 Å². The van der Waals surface area contributed by atoms with Crippen molar-refractivity contribution in [1.29, 1.82) is 0 Å². The Hall–Kier alpha value is -3.31. The fourth-order valence-corrected chi connectivity index (χ4v) is 6.65. The number of benzene rings is 1. The highest BCUT2D eigenvalue weighted by Crippen LogP contribution is 2.44. The second-order valence-corrected chi connectivity index (χ2v) is 10.8. The molecule has 1 aromatic carbocycles. The van der Waals surface area contributed by atoms with E-state index in [1.54, 1.807) is 42.3 Å². The Kier molecular flexibility index (Phi) is 4.57. The third kappa shape index (κ3) is 3.16.